The summed E-state index contributed by atoms with van der Waals surface area (Å²) >= 11 is 0. The Morgan fingerprint density at radius 1 is 1.10 bits per heavy atom. The first-order chi connectivity index (χ1) is 19.1. The van der Waals surface area contributed by atoms with E-state index in [4.69, 9.17) is 4.74 Å². The van der Waals surface area contributed by atoms with Crippen LogP contribution in [0.1, 0.15) is 35.2 Å². The summed E-state index contributed by atoms with van der Waals surface area (Å²) in [6.45, 7) is 2.48. The SMILES string of the molecule is COC(=O)Cn1cc2c(n1)CN(C1CCN(c3c(C)cccc3F)CC1)C(=O)N2Cc1ccccc1C(F)(F)F. The molecule has 3 aromatic rings. The van der Waals surface area contributed by atoms with Gasteiger partial charge in [0.25, 0.3) is 0 Å². The van der Waals surface area contributed by atoms with Crippen LogP contribution < -0.4 is 9.80 Å². The molecule has 1 fully saturated rings. The van der Waals surface area contributed by atoms with Gasteiger partial charge in [-0.05, 0) is 43.0 Å². The monoisotopic (exact) mass is 559 g/mol. The van der Waals surface area contributed by atoms with Crippen molar-refractivity contribution in [2.45, 2.75) is 51.6 Å². The van der Waals surface area contributed by atoms with Crippen molar-refractivity contribution >= 4 is 23.4 Å². The molecule has 0 N–H and O–H groups in total. The predicted octanol–water partition coefficient (Wildman–Crippen LogP) is 5.13. The molecular weight excluding hydrogens is 530 g/mol. The van der Waals surface area contributed by atoms with Crippen LogP contribution in [0.2, 0.25) is 0 Å². The van der Waals surface area contributed by atoms with Gasteiger partial charge in [-0.25, -0.2) is 9.18 Å². The number of aromatic nitrogens is 2. The number of anilines is 2. The summed E-state index contributed by atoms with van der Waals surface area (Å²) in [6, 6.07) is 9.41. The highest BCUT2D eigenvalue weighted by molar-refractivity contribution is 5.94. The highest BCUT2D eigenvalue weighted by atomic mass is 19.4. The Labute approximate surface area is 228 Å². The minimum atomic E-state index is -4.59. The summed E-state index contributed by atoms with van der Waals surface area (Å²) in [5.74, 6) is -0.851. The molecule has 3 heterocycles. The van der Waals surface area contributed by atoms with Gasteiger partial charge >= 0.3 is 18.2 Å². The number of carbonyl (C=O) groups excluding carboxylic acids is 2. The number of amides is 2. The average Bonchev–Trinajstić information content (AvgIpc) is 3.32. The van der Waals surface area contributed by atoms with E-state index in [0.717, 1.165) is 11.6 Å². The van der Waals surface area contributed by atoms with E-state index >= 15 is 0 Å². The Morgan fingerprint density at radius 3 is 2.50 bits per heavy atom. The number of urea groups is 1. The number of piperidine rings is 1. The summed E-state index contributed by atoms with van der Waals surface area (Å²) in [7, 11) is 1.24. The van der Waals surface area contributed by atoms with E-state index < -0.39 is 23.7 Å². The zero-order valence-electron chi connectivity index (χ0n) is 22.1. The van der Waals surface area contributed by atoms with Gasteiger partial charge < -0.3 is 14.5 Å². The van der Waals surface area contributed by atoms with Crippen LogP contribution in [0.25, 0.3) is 0 Å². The third-order valence-electron chi connectivity index (χ3n) is 7.48. The van der Waals surface area contributed by atoms with Crippen LogP contribution in [-0.2, 0) is 35.3 Å². The average molecular weight is 560 g/mol. The molecule has 2 aromatic carbocycles. The van der Waals surface area contributed by atoms with Gasteiger partial charge in [0.05, 0.1) is 37.1 Å². The third kappa shape index (κ3) is 5.34. The van der Waals surface area contributed by atoms with E-state index in [0.29, 0.717) is 43.0 Å². The maximum atomic E-state index is 14.6. The van der Waals surface area contributed by atoms with Crippen LogP contribution in [0.3, 0.4) is 0 Å². The van der Waals surface area contributed by atoms with Gasteiger partial charge in [0.2, 0.25) is 0 Å². The molecule has 0 unspecified atom stereocenters. The highest BCUT2D eigenvalue weighted by Gasteiger charge is 2.40. The Hall–Kier alpha value is -4.09. The second-order valence-corrected chi connectivity index (χ2v) is 10.0. The molecule has 0 radical (unpaired) electrons. The first kappa shape index (κ1) is 27.5. The molecule has 0 saturated carbocycles. The van der Waals surface area contributed by atoms with Crippen molar-refractivity contribution < 1.29 is 31.9 Å². The number of benzene rings is 2. The van der Waals surface area contributed by atoms with Gasteiger partial charge in [0, 0.05) is 25.3 Å². The van der Waals surface area contributed by atoms with Gasteiger partial charge in [-0.2, -0.15) is 18.3 Å². The van der Waals surface area contributed by atoms with Crippen LogP contribution in [0.4, 0.5) is 33.7 Å². The maximum absolute atomic E-state index is 14.6. The van der Waals surface area contributed by atoms with Crippen molar-refractivity contribution in [3.63, 3.8) is 0 Å². The Bertz CT molecular complexity index is 1390. The molecular formula is C28H29F4N5O3. The molecule has 1 saturated heterocycles. The van der Waals surface area contributed by atoms with Crippen LogP contribution in [0, 0.1) is 12.7 Å². The molecule has 212 valence electrons. The van der Waals surface area contributed by atoms with E-state index in [1.165, 1.54) is 47.2 Å². The van der Waals surface area contributed by atoms with Crippen LogP contribution in [0.5, 0.6) is 0 Å². The molecule has 2 amide bonds. The normalized spacial score (nSPS) is 16.4. The van der Waals surface area contributed by atoms with Crippen LogP contribution in [0.15, 0.2) is 48.7 Å². The summed E-state index contributed by atoms with van der Waals surface area (Å²) in [5, 5.41) is 4.47. The molecule has 0 spiro atoms. The second kappa shape index (κ2) is 10.8. The molecule has 0 bridgehead atoms. The number of methoxy groups -OCH3 is 1. The number of rotatable bonds is 6. The number of alkyl halides is 3. The van der Waals surface area contributed by atoms with Gasteiger partial charge in [0.1, 0.15) is 18.1 Å². The van der Waals surface area contributed by atoms with E-state index in [1.54, 1.807) is 11.0 Å². The van der Waals surface area contributed by atoms with E-state index in [1.807, 2.05) is 17.9 Å². The molecule has 0 atom stereocenters. The lowest BCUT2D eigenvalue weighted by atomic mass is 10.00. The third-order valence-corrected chi connectivity index (χ3v) is 7.48. The molecule has 1 aromatic heterocycles. The van der Waals surface area contributed by atoms with E-state index in [9.17, 15) is 27.2 Å². The lowest BCUT2D eigenvalue weighted by molar-refractivity contribution is -0.141. The molecule has 2 aliphatic rings. The zero-order valence-corrected chi connectivity index (χ0v) is 22.1. The number of fused-ring (bicyclic) bond motifs is 1. The molecule has 0 aliphatic carbocycles. The number of aryl methyl sites for hydroxylation is 1. The molecule has 8 nitrogen and oxygen atoms in total. The van der Waals surface area contributed by atoms with E-state index in [-0.39, 0.29) is 37.1 Å². The van der Waals surface area contributed by atoms with Crippen molar-refractivity contribution in [2.24, 2.45) is 0 Å². The maximum Gasteiger partial charge on any atom is 0.416 e. The predicted molar refractivity (Wildman–Crippen MR) is 139 cm³/mol. The highest BCUT2D eigenvalue weighted by Crippen LogP contribution is 2.37. The fourth-order valence-electron chi connectivity index (χ4n) is 5.52. The Balaban J connectivity index is 1.43. The van der Waals surface area contributed by atoms with Crippen molar-refractivity contribution in [3.8, 4) is 0 Å². The lowest BCUT2D eigenvalue weighted by Crippen LogP contribution is -2.54. The number of halogens is 4. The largest absolute Gasteiger partial charge is 0.468 e. The summed E-state index contributed by atoms with van der Waals surface area (Å²) in [5.41, 5.74) is 1.31. The summed E-state index contributed by atoms with van der Waals surface area (Å²) in [6.07, 6.45) is -2.01. The second-order valence-electron chi connectivity index (χ2n) is 10.0. The number of nitrogens with zero attached hydrogens (tertiary/aromatic N) is 5. The lowest BCUT2D eigenvalue weighted by Gasteiger charge is -2.43. The number of esters is 1. The number of hydrogen-bond donors (Lipinski definition) is 0. The van der Waals surface area contributed by atoms with Gasteiger partial charge in [0.15, 0.2) is 0 Å². The standard InChI is InChI=1S/C28H29F4N5O3/c1-18-6-5-9-22(29)26(18)34-12-10-20(11-13-34)36-15-23-24(16-35(33-23)17-25(38)40-2)37(27(36)39)14-19-7-3-4-8-21(19)28(30,31)32/h3-9,16,20H,10-15,17H2,1-2H3. The van der Waals surface area contributed by atoms with Crippen molar-refractivity contribution in [3.05, 3.63) is 76.9 Å². The van der Waals surface area contributed by atoms with Gasteiger partial charge in [-0.15, -0.1) is 0 Å². The van der Waals surface area contributed by atoms with Crippen molar-refractivity contribution in [1.82, 2.24) is 14.7 Å². The van der Waals surface area contributed by atoms with Gasteiger partial charge in [-0.3, -0.25) is 14.4 Å². The van der Waals surface area contributed by atoms with Crippen LogP contribution in [-0.4, -0.2) is 52.9 Å². The number of para-hydroxylation sites is 1. The number of ether oxygens (including phenoxy) is 1. The molecule has 40 heavy (non-hydrogen) atoms. The molecule has 2 aliphatic heterocycles. The first-order valence-electron chi connectivity index (χ1n) is 12.9. The summed E-state index contributed by atoms with van der Waals surface area (Å²) < 4.78 is 61.9. The van der Waals surface area contributed by atoms with Crippen molar-refractivity contribution in [2.75, 3.05) is 30.0 Å². The smallest absolute Gasteiger partial charge is 0.416 e. The zero-order chi connectivity index (χ0) is 28.6. The minimum Gasteiger partial charge on any atom is -0.468 e. The fraction of sp³-hybridized carbons (Fsp3) is 0.393. The first-order valence-corrected chi connectivity index (χ1v) is 12.9. The fourth-order valence-corrected chi connectivity index (χ4v) is 5.52. The van der Waals surface area contributed by atoms with Crippen LogP contribution >= 0.6 is 0 Å². The van der Waals surface area contributed by atoms with Crippen molar-refractivity contribution in [1.29, 1.82) is 0 Å². The Morgan fingerprint density at radius 2 is 1.82 bits per heavy atom. The molecule has 12 heteroatoms. The van der Waals surface area contributed by atoms with Gasteiger partial charge in [-0.1, -0.05) is 30.3 Å². The number of carbonyl (C=O) groups is 2. The van der Waals surface area contributed by atoms with E-state index in [2.05, 4.69) is 5.10 Å². The Kier molecular flexibility index (Phi) is 7.43. The topological polar surface area (TPSA) is 70.9 Å². The molecule has 5 rings (SSSR count). The quantitative estimate of drug-likeness (QED) is 0.309. The number of hydrogen-bond acceptors (Lipinski definition) is 5. The minimum absolute atomic E-state index is 0.0540. The summed E-state index contributed by atoms with van der Waals surface area (Å²) in [4.78, 5) is 30.6.